The summed E-state index contributed by atoms with van der Waals surface area (Å²) in [7, 11) is 0. The van der Waals surface area contributed by atoms with Crippen molar-refractivity contribution >= 4 is 5.76 Å². The van der Waals surface area contributed by atoms with Crippen molar-refractivity contribution in [3.05, 3.63) is 36.7 Å². The molecular formula is C9H11NO. The van der Waals surface area contributed by atoms with Crippen molar-refractivity contribution in [1.29, 1.82) is 0 Å². The van der Waals surface area contributed by atoms with Gasteiger partial charge in [0.15, 0.2) is 0 Å². The Morgan fingerprint density at radius 1 is 1.55 bits per heavy atom. The molecule has 0 bridgehead atoms. The largest absolute Gasteiger partial charge is 0.494 e. The Morgan fingerprint density at radius 2 is 2.18 bits per heavy atom. The molecule has 0 aliphatic rings. The first-order valence-corrected chi connectivity index (χ1v) is 3.56. The lowest BCUT2D eigenvalue weighted by atomic mass is 10.2. The quantitative estimate of drug-likeness (QED) is 0.614. The number of pyridine rings is 1. The molecule has 58 valence electrons. The zero-order valence-electron chi connectivity index (χ0n) is 6.58. The molecule has 1 aromatic rings. The van der Waals surface area contributed by atoms with Gasteiger partial charge in [0, 0.05) is 18.0 Å². The van der Waals surface area contributed by atoms with Crippen LogP contribution in [0.4, 0.5) is 0 Å². The SMILES string of the molecule is C=C(OCC)c1ccncc1. The third-order valence-corrected chi connectivity index (χ3v) is 1.32. The van der Waals surface area contributed by atoms with E-state index >= 15 is 0 Å². The van der Waals surface area contributed by atoms with Crippen LogP contribution < -0.4 is 0 Å². The van der Waals surface area contributed by atoms with E-state index in [4.69, 9.17) is 4.74 Å². The van der Waals surface area contributed by atoms with Crippen LogP contribution in [0.2, 0.25) is 0 Å². The maximum absolute atomic E-state index is 5.21. The Labute approximate surface area is 66.5 Å². The van der Waals surface area contributed by atoms with Crippen molar-refractivity contribution in [3.8, 4) is 0 Å². The normalized spacial score (nSPS) is 9.18. The van der Waals surface area contributed by atoms with Crippen LogP contribution in [-0.2, 0) is 4.74 Å². The highest BCUT2D eigenvalue weighted by Crippen LogP contribution is 2.10. The van der Waals surface area contributed by atoms with Crippen LogP contribution in [0.15, 0.2) is 31.1 Å². The highest BCUT2D eigenvalue weighted by atomic mass is 16.5. The second kappa shape index (κ2) is 3.76. The summed E-state index contributed by atoms with van der Waals surface area (Å²) < 4.78 is 5.21. The van der Waals surface area contributed by atoms with E-state index in [1.165, 1.54) is 0 Å². The van der Waals surface area contributed by atoms with Crippen LogP contribution >= 0.6 is 0 Å². The molecule has 0 radical (unpaired) electrons. The summed E-state index contributed by atoms with van der Waals surface area (Å²) >= 11 is 0. The number of ether oxygens (including phenoxy) is 1. The summed E-state index contributed by atoms with van der Waals surface area (Å²) in [4.78, 5) is 3.89. The van der Waals surface area contributed by atoms with Gasteiger partial charge in [-0.2, -0.15) is 0 Å². The molecule has 1 rings (SSSR count). The Balaban J connectivity index is 2.69. The van der Waals surface area contributed by atoms with Gasteiger partial charge in [0.1, 0.15) is 5.76 Å². The predicted molar refractivity (Wildman–Crippen MR) is 44.9 cm³/mol. The van der Waals surface area contributed by atoms with Crippen molar-refractivity contribution in [2.24, 2.45) is 0 Å². The molecule has 0 N–H and O–H groups in total. The molecule has 2 nitrogen and oxygen atoms in total. The molecule has 2 heteroatoms. The first-order valence-electron chi connectivity index (χ1n) is 3.56. The van der Waals surface area contributed by atoms with E-state index in [0.29, 0.717) is 12.4 Å². The molecule has 0 aromatic carbocycles. The Kier molecular flexibility index (Phi) is 2.66. The molecule has 11 heavy (non-hydrogen) atoms. The van der Waals surface area contributed by atoms with Crippen LogP contribution in [0, 0.1) is 0 Å². The zero-order chi connectivity index (χ0) is 8.10. The van der Waals surface area contributed by atoms with Gasteiger partial charge in [-0.3, -0.25) is 4.98 Å². The molecule has 0 spiro atoms. The van der Waals surface area contributed by atoms with E-state index in [0.717, 1.165) is 5.56 Å². The van der Waals surface area contributed by atoms with Crippen molar-refractivity contribution in [1.82, 2.24) is 4.98 Å². The highest BCUT2D eigenvalue weighted by molar-refractivity contribution is 5.56. The standard InChI is InChI=1S/C9H11NO/c1-3-11-8(2)9-4-6-10-7-5-9/h4-7H,2-3H2,1H3. The van der Waals surface area contributed by atoms with Crippen molar-refractivity contribution in [3.63, 3.8) is 0 Å². The van der Waals surface area contributed by atoms with Gasteiger partial charge in [-0.15, -0.1) is 0 Å². The van der Waals surface area contributed by atoms with Crippen molar-refractivity contribution < 1.29 is 4.74 Å². The maximum atomic E-state index is 5.21. The molecule has 1 aromatic heterocycles. The summed E-state index contributed by atoms with van der Waals surface area (Å²) in [6.45, 7) is 6.36. The number of hydrogen-bond donors (Lipinski definition) is 0. The van der Waals surface area contributed by atoms with E-state index < -0.39 is 0 Å². The van der Waals surface area contributed by atoms with Gasteiger partial charge in [-0.25, -0.2) is 0 Å². The van der Waals surface area contributed by atoms with Crippen LogP contribution in [0.1, 0.15) is 12.5 Å². The maximum Gasteiger partial charge on any atom is 0.119 e. The second-order valence-corrected chi connectivity index (χ2v) is 2.09. The fraction of sp³-hybridized carbons (Fsp3) is 0.222. The first-order chi connectivity index (χ1) is 5.34. The number of hydrogen-bond acceptors (Lipinski definition) is 2. The third kappa shape index (κ3) is 2.08. The minimum Gasteiger partial charge on any atom is -0.494 e. The molecule has 0 amide bonds. The summed E-state index contributed by atoms with van der Waals surface area (Å²) in [5.74, 6) is 0.704. The van der Waals surface area contributed by atoms with Crippen LogP contribution in [0.3, 0.4) is 0 Å². The van der Waals surface area contributed by atoms with E-state index in [-0.39, 0.29) is 0 Å². The molecule has 0 unspecified atom stereocenters. The minimum atomic E-state index is 0.654. The summed E-state index contributed by atoms with van der Waals surface area (Å²) in [6, 6.07) is 3.75. The predicted octanol–water partition coefficient (Wildman–Crippen LogP) is 2.09. The first kappa shape index (κ1) is 7.79. The summed E-state index contributed by atoms with van der Waals surface area (Å²) in [5, 5.41) is 0. The Bertz CT molecular complexity index is 231. The monoisotopic (exact) mass is 149 g/mol. The average molecular weight is 149 g/mol. The number of nitrogens with zero attached hydrogens (tertiary/aromatic N) is 1. The van der Waals surface area contributed by atoms with E-state index in [1.54, 1.807) is 12.4 Å². The van der Waals surface area contributed by atoms with Crippen LogP contribution in [0.5, 0.6) is 0 Å². The van der Waals surface area contributed by atoms with Crippen LogP contribution in [0.25, 0.3) is 5.76 Å². The molecule has 0 atom stereocenters. The van der Waals surface area contributed by atoms with Gasteiger partial charge < -0.3 is 4.74 Å². The lowest BCUT2D eigenvalue weighted by molar-refractivity contribution is 0.299. The van der Waals surface area contributed by atoms with E-state index in [2.05, 4.69) is 11.6 Å². The topological polar surface area (TPSA) is 22.1 Å². The highest BCUT2D eigenvalue weighted by Gasteiger charge is 1.95. The third-order valence-electron chi connectivity index (χ3n) is 1.32. The Hall–Kier alpha value is -1.31. The molecule has 0 aliphatic carbocycles. The fourth-order valence-electron chi connectivity index (χ4n) is 0.795. The number of aromatic nitrogens is 1. The second-order valence-electron chi connectivity index (χ2n) is 2.09. The van der Waals surface area contributed by atoms with Gasteiger partial charge in [-0.05, 0) is 19.1 Å². The van der Waals surface area contributed by atoms with Gasteiger partial charge in [0.25, 0.3) is 0 Å². The van der Waals surface area contributed by atoms with E-state index in [1.807, 2.05) is 19.1 Å². The molecule has 0 aliphatic heterocycles. The lowest BCUT2D eigenvalue weighted by Gasteiger charge is -2.04. The summed E-state index contributed by atoms with van der Waals surface area (Å²) in [6.07, 6.45) is 3.44. The molecule has 0 saturated carbocycles. The smallest absolute Gasteiger partial charge is 0.119 e. The minimum absolute atomic E-state index is 0.654. The molecule has 0 saturated heterocycles. The van der Waals surface area contributed by atoms with Crippen molar-refractivity contribution in [2.75, 3.05) is 6.61 Å². The van der Waals surface area contributed by atoms with Crippen LogP contribution in [-0.4, -0.2) is 11.6 Å². The van der Waals surface area contributed by atoms with Gasteiger partial charge in [0.05, 0.1) is 6.61 Å². The lowest BCUT2D eigenvalue weighted by Crippen LogP contribution is -1.89. The molecule has 1 heterocycles. The molecule has 0 fully saturated rings. The number of rotatable bonds is 3. The van der Waals surface area contributed by atoms with Gasteiger partial charge in [0.2, 0.25) is 0 Å². The average Bonchev–Trinajstić information content (AvgIpc) is 2.07. The zero-order valence-corrected chi connectivity index (χ0v) is 6.58. The van der Waals surface area contributed by atoms with Crippen molar-refractivity contribution in [2.45, 2.75) is 6.92 Å². The van der Waals surface area contributed by atoms with E-state index in [9.17, 15) is 0 Å². The van der Waals surface area contributed by atoms with Gasteiger partial charge in [-0.1, -0.05) is 6.58 Å². The fourth-order valence-corrected chi connectivity index (χ4v) is 0.795. The molecular weight excluding hydrogens is 138 g/mol. The van der Waals surface area contributed by atoms with Gasteiger partial charge >= 0.3 is 0 Å². The summed E-state index contributed by atoms with van der Waals surface area (Å²) in [5.41, 5.74) is 0.988. The Morgan fingerprint density at radius 3 is 2.73 bits per heavy atom.